The molecule has 112 valence electrons. The fourth-order valence-electron chi connectivity index (χ4n) is 2.46. The fourth-order valence-corrected chi connectivity index (χ4v) is 3.94. The highest BCUT2D eigenvalue weighted by molar-refractivity contribution is 7.89. The second-order valence-corrected chi connectivity index (χ2v) is 7.24. The molecule has 2 aliphatic rings. The number of sulfonamides is 1. The van der Waals surface area contributed by atoms with Crippen molar-refractivity contribution in [2.75, 3.05) is 31.9 Å². The number of piperidine rings is 1. The normalized spacial score (nSPS) is 30.6. The van der Waals surface area contributed by atoms with Crippen LogP contribution in [0, 0.1) is 5.92 Å². The Hall–Kier alpha value is -0.370. The van der Waals surface area contributed by atoms with Crippen molar-refractivity contribution in [1.29, 1.82) is 0 Å². The van der Waals surface area contributed by atoms with Crippen molar-refractivity contribution < 1.29 is 13.2 Å². The third-order valence-electron chi connectivity index (χ3n) is 3.70. The lowest BCUT2D eigenvalue weighted by atomic mass is 9.95. The van der Waals surface area contributed by atoms with Crippen molar-refractivity contribution in [1.82, 2.24) is 14.9 Å². The molecule has 1 amide bonds. The van der Waals surface area contributed by atoms with Crippen molar-refractivity contribution in [2.24, 2.45) is 5.92 Å². The first-order valence-corrected chi connectivity index (χ1v) is 8.08. The van der Waals surface area contributed by atoms with Gasteiger partial charge in [0, 0.05) is 19.1 Å². The Morgan fingerprint density at radius 2 is 2.21 bits per heavy atom. The Kier molecular flexibility index (Phi) is 6.04. The van der Waals surface area contributed by atoms with Crippen molar-refractivity contribution in [3.8, 4) is 0 Å². The maximum absolute atomic E-state index is 11.9. The molecule has 2 saturated heterocycles. The first-order valence-electron chi connectivity index (χ1n) is 6.47. The quantitative estimate of drug-likeness (QED) is 0.740. The predicted molar refractivity (Wildman–Crippen MR) is 75.8 cm³/mol. The smallest absolute Gasteiger partial charge is 0.235 e. The minimum absolute atomic E-state index is 0. The highest BCUT2D eigenvalue weighted by Gasteiger charge is 2.31. The van der Waals surface area contributed by atoms with E-state index in [1.807, 2.05) is 0 Å². The molecule has 19 heavy (non-hydrogen) atoms. The maximum atomic E-state index is 11.9. The van der Waals surface area contributed by atoms with Gasteiger partial charge in [-0.25, -0.2) is 8.42 Å². The molecule has 2 unspecified atom stereocenters. The highest BCUT2D eigenvalue weighted by Crippen LogP contribution is 2.14. The lowest BCUT2D eigenvalue weighted by Crippen LogP contribution is -2.52. The molecule has 8 heteroatoms. The third-order valence-corrected chi connectivity index (χ3v) is 5.60. The Balaban J connectivity index is 0.00000180. The first kappa shape index (κ1) is 16.7. The molecule has 0 saturated carbocycles. The minimum Gasteiger partial charge on any atom is -0.351 e. The van der Waals surface area contributed by atoms with Crippen LogP contribution in [0.2, 0.25) is 0 Å². The summed E-state index contributed by atoms with van der Waals surface area (Å²) >= 11 is 0. The maximum Gasteiger partial charge on any atom is 0.235 e. The van der Waals surface area contributed by atoms with E-state index in [0.717, 1.165) is 19.5 Å². The number of amides is 1. The minimum atomic E-state index is -3.18. The van der Waals surface area contributed by atoms with E-state index in [1.54, 1.807) is 0 Å². The molecule has 0 bridgehead atoms. The van der Waals surface area contributed by atoms with Gasteiger partial charge < -0.3 is 10.6 Å². The Bertz CT molecular complexity index is 415. The summed E-state index contributed by atoms with van der Waals surface area (Å²) in [5.41, 5.74) is 0. The van der Waals surface area contributed by atoms with E-state index >= 15 is 0 Å². The van der Waals surface area contributed by atoms with E-state index in [2.05, 4.69) is 17.6 Å². The Labute approximate surface area is 120 Å². The van der Waals surface area contributed by atoms with Crippen LogP contribution in [0.25, 0.3) is 0 Å². The second kappa shape index (κ2) is 6.88. The molecule has 2 rings (SSSR count). The molecular weight excluding hydrogens is 290 g/mol. The van der Waals surface area contributed by atoms with Gasteiger partial charge in [0.15, 0.2) is 0 Å². The summed E-state index contributed by atoms with van der Waals surface area (Å²) in [6.07, 6.45) is 1.66. The molecule has 0 aromatic heterocycles. The summed E-state index contributed by atoms with van der Waals surface area (Å²) in [6.45, 7) is 4.28. The molecule has 2 heterocycles. The zero-order valence-electron chi connectivity index (χ0n) is 11.1. The van der Waals surface area contributed by atoms with Crippen LogP contribution in [0.5, 0.6) is 0 Å². The van der Waals surface area contributed by atoms with Gasteiger partial charge in [-0.05, 0) is 25.3 Å². The van der Waals surface area contributed by atoms with Gasteiger partial charge in [-0.2, -0.15) is 4.31 Å². The summed E-state index contributed by atoms with van der Waals surface area (Å²) in [7, 11) is -3.18. The van der Waals surface area contributed by atoms with Gasteiger partial charge in [0.2, 0.25) is 15.9 Å². The van der Waals surface area contributed by atoms with E-state index in [9.17, 15) is 13.2 Å². The van der Waals surface area contributed by atoms with E-state index < -0.39 is 10.0 Å². The van der Waals surface area contributed by atoms with E-state index in [0.29, 0.717) is 18.9 Å². The third kappa shape index (κ3) is 4.30. The van der Waals surface area contributed by atoms with Gasteiger partial charge in [-0.1, -0.05) is 6.92 Å². The average molecular weight is 312 g/mol. The number of halogens is 1. The SMILES string of the molecule is CC1CCNCC1NC(=O)CN1CCCS1(=O)=O.Cl. The monoisotopic (exact) mass is 311 g/mol. The number of hydrogen-bond acceptors (Lipinski definition) is 4. The van der Waals surface area contributed by atoms with Gasteiger partial charge in [0.1, 0.15) is 0 Å². The molecule has 2 N–H and O–H groups in total. The number of nitrogens with one attached hydrogen (secondary N) is 2. The van der Waals surface area contributed by atoms with Crippen LogP contribution in [-0.2, 0) is 14.8 Å². The van der Waals surface area contributed by atoms with Crippen LogP contribution in [0.3, 0.4) is 0 Å². The van der Waals surface area contributed by atoms with E-state index in [1.165, 1.54) is 4.31 Å². The number of carbonyl (C=O) groups is 1. The number of nitrogens with zero attached hydrogens (tertiary/aromatic N) is 1. The molecule has 6 nitrogen and oxygen atoms in total. The van der Waals surface area contributed by atoms with Crippen molar-refractivity contribution in [3.05, 3.63) is 0 Å². The summed E-state index contributed by atoms with van der Waals surface area (Å²) in [6, 6.07) is 0.108. The van der Waals surface area contributed by atoms with Crippen molar-refractivity contribution in [3.63, 3.8) is 0 Å². The number of rotatable bonds is 3. The lowest BCUT2D eigenvalue weighted by molar-refractivity contribution is -0.122. The Morgan fingerprint density at radius 1 is 1.47 bits per heavy atom. The van der Waals surface area contributed by atoms with Crippen LogP contribution in [0.15, 0.2) is 0 Å². The molecule has 0 radical (unpaired) electrons. The molecule has 0 spiro atoms. The van der Waals surface area contributed by atoms with Gasteiger partial charge >= 0.3 is 0 Å². The van der Waals surface area contributed by atoms with Crippen molar-refractivity contribution in [2.45, 2.75) is 25.8 Å². The summed E-state index contributed by atoms with van der Waals surface area (Å²) in [4.78, 5) is 11.9. The molecule has 0 aromatic rings. The van der Waals surface area contributed by atoms with Crippen LogP contribution in [0.1, 0.15) is 19.8 Å². The molecule has 2 fully saturated rings. The molecule has 2 aliphatic heterocycles. The second-order valence-electron chi connectivity index (χ2n) is 5.15. The zero-order chi connectivity index (χ0) is 13.2. The van der Waals surface area contributed by atoms with Crippen LogP contribution in [-0.4, -0.2) is 56.6 Å². The Morgan fingerprint density at radius 3 is 2.79 bits per heavy atom. The topological polar surface area (TPSA) is 78.5 Å². The average Bonchev–Trinajstić information content (AvgIpc) is 2.62. The van der Waals surface area contributed by atoms with Gasteiger partial charge in [-0.15, -0.1) is 12.4 Å². The first-order chi connectivity index (χ1) is 8.49. The molecular formula is C11H22ClN3O3S. The standard InChI is InChI=1S/C11H21N3O3S.ClH/c1-9-3-4-12-7-10(9)13-11(15)8-14-5-2-6-18(14,16)17;/h9-10,12H,2-8H2,1H3,(H,13,15);1H. The van der Waals surface area contributed by atoms with E-state index in [-0.39, 0.29) is 36.7 Å². The van der Waals surface area contributed by atoms with Gasteiger partial charge in [-0.3, -0.25) is 4.79 Å². The number of hydrogen-bond donors (Lipinski definition) is 2. The van der Waals surface area contributed by atoms with Gasteiger partial charge in [0.05, 0.1) is 12.3 Å². The molecule has 0 aliphatic carbocycles. The lowest BCUT2D eigenvalue weighted by Gasteiger charge is -2.30. The summed E-state index contributed by atoms with van der Waals surface area (Å²) < 4.78 is 24.5. The highest BCUT2D eigenvalue weighted by atomic mass is 35.5. The van der Waals surface area contributed by atoms with Crippen LogP contribution >= 0.6 is 12.4 Å². The fraction of sp³-hybridized carbons (Fsp3) is 0.909. The summed E-state index contributed by atoms with van der Waals surface area (Å²) in [5, 5.41) is 6.16. The molecule has 0 aromatic carbocycles. The van der Waals surface area contributed by atoms with Gasteiger partial charge in [0.25, 0.3) is 0 Å². The largest absolute Gasteiger partial charge is 0.351 e. The molecule has 2 atom stereocenters. The van der Waals surface area contributed by atoms with Crippen LogP contribution in [0.4, 0.5) is 0 Å². The predicted octanol–water partition coefficient (Wildman–Crippen LogP) is -0.442. The van der Waals surface area contributed by atoms with Crippen LogP contribution < -0.4 is 10.6 Å². The summed E-state index contributed by atoms with van der Waals surface area (Å²) in [5.74, 6) is 0.410. The zero-order valence-corrected chi connectivity index (χ0v) is 12.7. The van der Waals surface area contributed by atoms with E-state index in [4.69, 9.17) is 0 Å². The number of carbonyl (C=O) groups excluding carboxylic acids is 1. The van der Waals surface area contributed by atoms with Crippen molar-refractivity contribution >= 4 is 28.3 Å².